The molecule has 0 bridgehead atoms. The molecule has 0 rings (SSSR count). The van der Waals surface area contributed by atoms with Crippen molar-refractivity contribution < 1.29 is 28.6 Å². The third-order valence-corrected chi connectivity index (χ3v) is 16.5. The molecule has 0 spiro atoms. The molecule has 0 aromatic rings. The molecule has 0 aliphatic rings. The Labute approximate surface area is 488 Å². The molecule has 0 fully saturated rings. The zero-order valence-corrected chi connectivity index (χ0v) is 53.2. The number of unbranched alkanes of at least 4 members (excludes halogenated alkanes) is 54. The van der Waals surface area contributed by atoms with Crippen molar-refractivity contribution in [1.82, 2.24) is 0 Å². The number of allylic oxidation sites excluding steroid dienone is 2. The van der Waals surface area contributed by atoms with Crippen molar-refractivity contribution in [3.8, 4) is 0 Å². The fraction of sp³-hybridized carbons (Fsp3) is 0.931. The van der Waals surface area contributed by atoms with Crippen molar-refractivity contribution in [2.24, 2.45) is 0 Å². The lowest BCUT2D eigenvalue weighted by Crippen LogP contribution is -2.30. The van der Waals surface area contributed by atoms with Crippen molar-refractivity contribution >= 4 is 17.9 Å². The minimum atomic E-state index is -0.770. The van der Waals surface area contributed by atoms with Gasteiger partial charge in [0.05, 0.1) is 0 Å². The van der Waals surface area contributed by atoms with Crippen LogP contribution < -0.4 is 0 Å². The fourth-order valence-corrected chi connectivity index (χ4v) is 11.2. The van der Waals surface area contributed by atoms with Gasteiger partial charge in [0, 0.05) is 19.3 Å². The predicted octanol–water partition coefficient (Wildman–Crippen LogP) is 24.4. The van der Waals surface area contributed by atoms with Crippen LogP contribution in [0.5, 0.6) is 0 Å². The zero-order valence-electron chi connectivity index (χ0n) is 53.2. The Kier molecular flexibility index (Phi) is 66.0. The first-order valence-electron chi connectivity index (χ1n) is 35.7. The van der Waals surface area contributed by atoms with Crippen molar-refractivity contribution in [2.75, 3.05) is 13.2 Å². The number of rotatable bonds is 67. The third kappa shape index (κ3) is 65.0. The molecule has 6 nitrogen and oxygen atoms in total. The molecule has 0 heterocycles. The van der Waals surface area contributed by atoms with Crippen molar-refractivity contribution in [1.29, 1.82) is 0 Å². The molecule has 1 atom stereocenters. The van der Waals surface area contributed by atoms with Gasteiger partial charge in [-0.05, 0) is 44.9 Å². The molecule has 0 N–H and O–H groups in total. The third-order valence-electron chi connectivity index (χ3n) is 16.5. The Morgan fingerprint density at radius 3 is 0.641 bits per heavy atom. The summed E-state index contributed by atoms with van der Waals surface area (Å²) in [6.07, 6.45) is 81.0. The lowest BCUT2D eigenvalue weighted by atomic mass is 10.0. The highest BCUT2D eigenvalue weighted by molar-refractivity contribution is 5.71. The Morgan fingerprint density at radius 2 is 0.423 bits per heavy atom. The minimum Gasteiger partial charge on any atom is -0.462 e. The monoisotopic (exact) mass is 1100 g/mol. The summed E-state index contributed by atoms with van der Waals surface area (Å²) in [6, 6.07) is 0. The molecular weight excluding hydrogens is 961 g/mol. The second-order valence-corrected chi connectivity index (χ2v) is 24.5. The Hall–Kier alpha value is -1.85. The van der Waals surface area contributed by atoms with Gasteiger partial charge in [0.1, 0.15) is 13.2 Å². The van der Waals surface area contributed by atoms with Crippen LogP contribution in [0.25, 0.3) is 0 Å². The van der Waals surface area contributed by atoms with Gasteiger partial charge in [0.25, 0.3) is 0 Å². The molecule has 0 aromatic heterocycles. The van der Waals surface area contributed by atoms with Gasteiger partial charge in [-0.2, -0.15) is 0 Å². The van der Waals surface area contributed by atoms with Crippen LogP contribution >= 0.6 is 0 Å². The van der Waals surface area contributed by atoms with Gasteiger partial charge < -0.3 is 14.2 Å². The first-order valence-corrected chi connectivity index (χ1v) is 35.7. The molecule has 78 heavy (non-hydrogen) atoms. The molecule has 0 radical (unpaired) electrons. The molecule has 462 valence electrons. The standard InChI is InChI=1S/C72H138O6/c1-4-7-10-13-16-19-22-25-28-30-32-34-35-36-37-39-40-42-44-47-50-53-56-59-62-65-71(74)77-68-69(67-76-70(73)64-61-58-55-52-49-46-27-24-21-18-15-12-9-6-3)78-72(75)66-63-60-57-54-51-48-45-43-41-38-33-31-29-26-23-20-17-14-11-8-5-2/h24,27,69H,4-23,25-26,28-68H2,1-3H3/b27-24-. The summed E-state index contributed by atoms with van der Waals surface area (Å²) < 4.78 is 17.0. The molecule has 0 aliphatic carbocycles. The molecule has 1 unspecified atom stereocenters. The maximum absolute atomic E-state index is 12.9. The Balaban J connectivity index is 4.22. The molecule has 0 aromatic carbocycles. The summed E-state index contributed by atoms with van der Waals surface area (Å²) >= 11 is 0. The summed E-state index contributed by atoms with van der Waals surface area (Å²) in [5, 5.41) is 0. The molecule has 0 saturated carbocycles. The summed E-state index contributed by atoms with van der Waals surface area (Å²) in [5.41, 5.74) is 0. The van der Waals surface area contributed by atoms with Gasteiger partial charge in [-0.15, -0.1) is 0 Å². The van der Waals surface area contributed by atoms with Crippen LogP contribution in [0, 0.1) is 0 Å². The molecule has 6 heteroatoms. The van der Waals surface area contributed by atoms with E-state index >= 15 is 0 Å². The quantitative estimate of drug-likeness (QED) is 0.0261. The first kappa shape index (κ1) is 76.1. The lowest BCUT2D eigenvalue weighted by molar-refractivity contribution is -0.167. The maximum Gasteiger partial charge on any atom is 0.306 e. The second kappa shape index (κ2) is 67.7. The van der Waals surface area contributed by atoms with Gasteiger partial charge in [-0.1, -0.05) is 360 Å². The Morgan fingerprint density at radius 1 is 0.244 bits per heavy atom. The van der Waals surface area contributed by atoms with Gasteiger partial charge in [0.2, 0.25) is 0 Å². The smallest absolute Gasteiger partial charge is 0.306 e. The predicted molar refractivity (Wildman–Crippen MR) is 340 cm³/mol. The highest BCUT2D eigenvalue weighted by Gasteiger charge is 2.19. The SMILES string of the molecule is CCCCCCC/C=C\CCCCCCCC(=O)OCC(COC(=O)CCCCCCCCCCCCCCCCCCCCCCCCCCC)OC(=O)CCCCCCCCCCCCCCCCCCCCCCC. The first-order chi connectivity index (χ1) is 38.5. The largest absolute Gasteiger partial charge is 0.462 e. The van der Waals surface area contributed by atoms with Crippen molar-refractivity contribution in [3.05, 3.63) is 12.2 Å². The summed E-state index contributed by atoms with van der Waals surface area (Å²) in [5.74, 6) is -0.838. The van der Waals surface area contributed by atoms with E-state index in [4.69, 9.17) is 14.2 Å². The molecular formula is C72H138O6. The van der Waals surface area contributed by atoms with E-state index in [0.29, 0.717) is 19.3 Å². The van der Waals surface area contributed by atoms with E-state index < -0.39 is 6.10 Å². The van der Waals surface area contributed by atoms with Gasteiger partial charge >= 0.3 is 17.9 Å². The van der Waals surface area contributed by atoms with Crippen LogP contribution in [0.4, 0.5) is 0 Å². The zero-order chi connectivity index (χ0) is 56.4. The van der Waals surface area contributed by atoms with E-state index in [9.17, 15) is 14.4 Å². The normalized spacial score (nSPS) is 12.0. The van der Waals surface area contributed by atoms with Crippen LogP contribution in [0.2, 0.25) is 0 Å². The topological polar surface area (TPSA) is 78.9 Å². The van der Waals surface area contributed by atoms with Crippen LogP contribution in [0.1, 0.15) is 412 Å². The van der Waals surface area contributed by atoms with E-state index in [-0.39, 0.29) is 31.1 Å². The number of esters is 3. The van der Waals surface area contributed by atoms with E-state index in [0.717, 1.165) is 64.2 Å². The van der Waals surface area contributed by atoms with Gasteiger partial charge in [-0.25, -0.2) is 0 Å². The second-order valence-electron chi connectivity index (χ2n) is 24.5. The van der Waals surface area contributed by atoms with E-state index in [2.05, 4.69) is 32.9 Å². The van der Waals surface area contributed by atoms with E-state index in [1.165, 1.54) is 308 Å². The van der Waals surface area contributed by atoms with Crippen LogP contribution in [-0.4, -0.2) is 37.2 Å². The number of hydrogen-bond donors (Lipinski definition) is 0. The van der Waals surface area contributed by atoms with E-state index in [1.54, 1.807) is 0 Å². The highest BCUT2D eigenvalue weighted by Crippen LogP contribution is 2.19. The van der Waals surface area contributed by atoms with Gasteiger partial charge in [-0.3, -0.25) is 14.4 Å². The molecule has 0 amide bonds. The minimum absolute atomic E-state index is 0.0656. The number of hydrogen-bond acceptors (Lipinski definition) is 6. The number of carbonyl (C=O) groups excluding carboxylic acids is 3. The van der Waals surface area contributed by atoms with Crippen LogP contribution in [0.15, 0.2) is 12.2 Å². The van der Waals surface area contributed by atoms with Gasteiger partial charge in [0.15, 0.2) is 6.10 Å². The van der Waals surface area contributed by atoms with E-state index in [1.807, 2.05) is 0 Å². The molecule has 0 aliphatic heterocycles. The number of carbonyl (C=O) groups is 3. The summed E-state index contributed by atoms with van der Waals surface area (Å²) in [4.78, 5) is 38.4. The molecule has 0 saturated heterocycles. The fourth-order valence-electron chi connectivity index (χ4n) is 11.2. The van der Waals surface area contributed by atoms with Crippen molar-refractivity contribution in [3.63, 3.8) is 0 Å². The summed E-state index contributed by atoms with van der Waals surface area (Å²) in [6.45, 7) is 6.72. The summed E-state index contributed by atoms with van der Waals surface area (Å²) in [7, 11) is 0. The average molecular weight is 1100 g/mol. The van der Waals surface area contributed by atoms with Crippen molar-refractivity contribution in [2.45, 2.75) is 419 Å². The average Bonchev–Trinajstić information content (AvgIpc) is 3.44. The number of ether oxygens (including phenoxy) is 3. The highest BCUT2D eigenvalue weighted by atomic mass is 16.6. The van der Waals surface area contributed by atoms with Crippen LogP contribution in [0.3, 0.4) is 0 Å². The van der Waals surface area contributed by atoms with Crippen LogP contribution in [-0.2, 0) is 28.6 Å². The lowest BCUT2D eigenvalue weighted by Gasteiger charge is -2.18. The Bertz CT molecular complexity index is 1210. The maximum atomic E-state index is 12.9.